The van der Waals surface area contributed by atoms with Gasteiger partial charge in [-0.3, -0.25) is 0 Å². The van der Waals surface area contributed by atoms with E-state index in [4.69, 9.17) is 5.73 Å². The van der Waals surface area contributed by atoms with Gasteiger partial charge in [0.1, 0.15) is 5.82 Å². The van der Waals surface area contributed by atoms with E-state index in [1.807, 2.05) is 12.1 Å². The summed E-state index contributed by atoms with van der Waals surface area (Å²) in [5.74, 6) is 1.74. The molecule has 2 rings (SSSR count). The molecule has 82 valence electrons. The number of hydrogen-bond donors (Lipinski definition) is 2. The second kappa shape index (κ2) is 4.51. The van der Waals surface area contributed by atoms with Gasteiger partial charge in [0.15, 0.2) is 0 Å². The molecule has 3 heteroatoms. The maximum atomic E-state index is 5.71. The summed E-state index contributed by atoms with van der Waals surface area (Å²) in [7, 11) is 0. The smallest absolute Gasteiger partial charge is 0.128 e. The van der Waals surface area contributed by atoms with E-state index in [1.54, 1.807) is 6.20 Å². The van der Waals surface area contributed by atoms with Crippen LogP contribution in [0.2, 0.25) is 0 Å². The molecule has 0 aromatic carbocycles. The van der Waals surface area contributed by atoms with Gasteiger partial charge in [0.05, 0.1) is 0 Å². The minimum absolute atomic E-state index is 0.572. The van der Waals surface area contributed by atoms with E-state index in [9.17, 15) is 0 Å². The van der Waals surface area contributed by atoms with Gasteiger partial charge in [0.25, 0.3) is 0 Å². The molecule has 1 fully saturated rings. The first kappa shape index (κ1) is 10.3. The molecule has 2 atom stereocenters. The first-order valence-electron chi connectivity index (χ1n) is 5.72. The highest BCUT2D eigenvalue weighted by Gasteiger charge is 2.18. The SMILES string of the molecule is CC1CCCC(Nc2cc(N)ccn2)C1. The molecule has 15 heavy (non-hydrogen) atoms. The Hall–Kier alpha value is -1.25. The highest BCUT2D eigenvalue weighted by atomic mass is 15.0. The predicted octanol–water partition coefficient (Wildman–Crippen LogP) is 2.65. The van der Waals surface area contributed by atoms with Crippen LogP contribution in [0.5, 0.6) is 0 Å². The fourth-order valence-corrected chi connectivity index (χ4v) is 2.30. The van der Waals surface area contributed by atoms with Crippen LogP contribution in [-0.4, -0.2) is 11.0 Å². The fourth-order valence-electron chi connectivity index (χ4n) is 2.30. The summed E-state index contributed by atoms with van der Waals surface area (Å²) in [6, 6.07) is 4.29. The van der Waals surface area contributed by atoms with E-state index in [1.165, 1.54) is 25.7 Å². The Morgan fingerprint density at radius 2 is 2.33 bits per heavy atom. The van der Waals surface area contributed by atoms with E-state index in [2.05, 4.69) is 17.2 Å². The highest BCUT2D eigenvalue weighted by molar-refractivity contribution is 5.48. The van der Waals surface area contributed by atoms with E-state index in [0.29, 0.717) is 6.04 Å². The minimum atomic E-state index is 0.572. The van der Waals surface area contributed by atoms with Crippen molar-refractivity contribution in [2.45, 2.75) is 38.6 Å². The molecule has 1 aliphatic carbocycles. The molecule has 0 saturated heterocycles. The normalized spacial score (nSPS) is 26.2. The Labute approximate surface area is 91.1 Å². The van der Waals surface area contributed by atoms with Gasteiger partial charge in [-0.15, -0.1) is 0 Å². The van der Waals surface area contributed by atoms with Gasteiger partial charge in [-0.1, -0.05) is 19.8 Å². The van der Waals surface area contributed by atoms with Crippen molar-refractivity contribution in [1.82, 2.24) is 4.98 Å². The van der Waals surface area contributed by atoms with Crippen molar-refractivity contribution >= 4 is 11.5 Å². The molecule has 0 radical (unpaired) electrons. The molecule has 3 nitrogen and oxygen atoms in total. The lowest BCUT2D eigenvalue weighted by Gasteiger charge is -2.27. The summed E-state index contributed by atoms with van der Waals surface area (Å²) in [4.78, 5) is 4.27. The second-order valence-electron chi connectivity index (χ2n) is 4.59. The number of rotatable bonds is 2. The fraction of sp³-hybridized carbons (Fsp3) is 0.583. The van der Waals surface area contributed by atoms with Crippen LogP contribution in [0.15, 0.2) is 18.3 Å². The molecule has 1 aromatic rings. The van der Waals surface area contributed by atoms with Gasteiger partial charge in [0.2, 0.25) is 0 Å². The average molecular weight is 205 g/mol. The van der Waals surface area contributed by atoms with Crippen LogP contribution in [0.3, 0.4) is 0 Å². The molecular weight excluding hydrogens is 186 g/mol. The van der Waals surface area contributed by atoms with Crippen LogP contribution in [0, 0.1) is 5.92 Å². The summed E-state index contributed by atoms with van der Waals surface area (Å²) in [6.07, 6.45) is 6.94. The van der Waals surface area contributed by atoms with Crippen molar-refractivity contribution in [2.24, 2.45) is 5.92 Å². The Balaban J connectivity index is 1.96. The van der Waals surface area contributed by atoms with Crippen molar-refractivity contribution in [3.63, 3.8) is 0 Å². The lowest BCUT2D eigenvalue weighted by molar-refractivity contribution is 0.358. The van der Waals surface area contributed by atoms with Gasteiger partial charge < -0.3 is 11.1 Å². The van der Waals surface area contributed by atoms with E-state index >= 15 is 0 Å². The van der Waals surface area contributed by atoms with Crippen LogP contribution in [0.1, 0.15) is 32.6 Å². The number of nitrogens with two attached hydrogens (primary N) is 1. The number of pyridine rings is 1. The van der Waals surface area contributed by atoms with E-state index < -0.39 is 0 Å². The third kappa shape index (κ3) is 2.85. The first-order valence-corrected chi connectivity index (χ1v) is 5.72. The topological polar surface area (TPSA) is 50.9 Å². The molecule has 1 aliphatic rings. The molecule has 1 aromatic heterocycles. The number of hydrogen-bond acceptors (Lipinski definition) is 3. The van der Waals surface area contributed by atoms with Crippen molar-refractivity contribution in [3.05, 3.63) is 18.3 Å². The number of aromatic nitrogens is 1. The average Bonchev–Trinajstić information content (AvgIpc) is 2.17. The van der Waals surface area contributed by atoms with Gasteiger partial charge >= 0.3 is 0 Å². The third-order valence-corrected chi connectivity index (χ3v) is 3.07. The van der Waals surface area contributed by atoms with Crippen molar-refractivity contribution in [3.8, 4) is 0 Å². The summed E-state index contributed by atoms with van der Waals surface area (Å²) in [6.45, 7) is 2.32. The summed E-state index contributed by atoms with van der Waals surface area (Å²) in [5, 5.41) is 3.46. The van der Waals surface area contributed by atoms with E-state index in [-0.39, 0.29) is 0 Å². The summed E-state index contributed by atoms with van der Waals surface area (Å²) < 4.78 is 0. The minimum Gasteiger partial charge on any atom is -0.399 e. The second-order valence-corrected chi connectivity index (χ2v) is 4.59. The Morgan fingerprint density at radius 3 is 3.07 bits per heavy atom. The molecular formula is C12H19N3. The number of nitrogens with zero attached hydrogens (tertiary/aromatic N) is 1. The maximum absolute atomic E-state index is 5.71. The molecule has 2 unspecified atom stereocenters. The predicted molar refractivity (Wildman–Crippen MR) is 63.7 cm³/mol. The zero-order valence-corrected chi connectivity index (χ0v) is 9.24. The zero-order chi connectivity index (χ0) is 10.7. The number of nitrogen functional groups attached to an aromatic ring is 1. The Kier molecular flexibility index (Phi) is 3.09. The van der Waals surface area contributed by atoms with Crippen molar-refractivity contribution < 1.29 is 0 Å². The van der Waals surface area contributed by atoms with Crippen LogP contribution in [-0.2, 0) is 0 Å². The van der Waals surface area contributed by atoms with Gasteiger partial charge in [-0.2, -0.15) is 0 Å². The largest absolute Gasteiger partial charge is 0.399 e. The summed E-state index contributed by atoms with van der Waals surface area (Å²) in [5.41, 5.74) is 6.49. The summed E-state index contributed by atoms with van der Waals surface area (Å²) >= 11 is 0. The molecule has 0 aliphatic heterocycles. The Bertz CT molecular complexity index is 324. The van der Waals surface area contributed by atoms with Gasteiger partial charge in [-0.05, 0) is 24.8 Å². The molecule has 0 spiro atoms. The van der Waals surface area contributed by atoms with Crippen molar-refractivity contribution in [1.29, 1.82) is 0 Å². The standard InChI is InChI=1S/C12H19N3/c1-9-3-2-4-11(7-9)15-12-8-10(13)5-6-14-12/h5-6,8-9,11H,2-4,7H2,1H3,(H3,13,14,15). The van der Waals surface area contributed by atoms with Crippen LogP contribution in [0.25, 0.3) is 0 Å². The number of anilines is 2. The molecule has 0 amide bonds. The van der Waals surface area contributed by atoms with Crippen LogP contribution < -0.4 is 11.1 Å². The first-order chi connectivity index (χ1) is 7.24. The monoisotopic (exact) mass is 205 g/mol. The third-order valence-electron chi connectivity index (χ3n) is 3.07. The quantitative estimate of drug-likeness (QED) is 0.780. The van der Waals surface area contributed by atoms with Crippen LogP contribution in [0.4, 0.5) is 11.5 Å². The lowest BCUT2D eigenvalue weighted by atomic mass is 9.87. The Morgan fingerprint density at radius 1 is 1.47 bits per heavy atom. The molecule has 0 bridgehead atoms. The molecule has 1 saturated carbocycles. The van der Waals surface area contributed by atoms with Crippen molar-refractivity contribution in [2.75, 3.05) is 11.1 Å². The highest BCUT2D eigenvalue weighted by Crippen LogP contribution is 2.25. The number of nitrogens with one attached hydrogen (secondary N) is 1. The maximum Gasteiger partial charge on any atom is 0.128 e. The van der Waals surface area contributed by atoms with Gasteiger partial charge in [-0.25, -0.2) is 4.98 Å². The zero-order valence-electron chi connectivity index (χ0n) is 9.24. The molecule has 3 N–H and O–H groups in total. The molecule has 1 heterocycles. The lowest BCUT2D eigenvalue weighted by Crippen LogP contribution is -2.26. The van der Waals surface area contributed by atoms with Gasteiger partial charge in [0, 0.05) is 24.0 Å². The van der Waals surface area contributed by atoms with E-state index in [0.717, 1.165) is 17.4 Å². The van der Waals surface area contributed by atoms with Crippen LogP contribution >= 0.6 is 0 Å².